The predicted molar refractivity (Wildman–Crippen MR) is 123 cm³/mol. The number of carbonyl (C=O) groups is 2. The summed E-state index contributed by atoms with van der Waals surface area (Å²) in [6, 6.07) is 14.6. The van der Waals surface area contributed by atoms with Gasteiger partial charge in [0, 0.05) is 18.1 Å². The molecule has 0 aliphatic rings. The van der Waals surface area contributed by atoms with E-state index in [4.69, 9.17) is 11.6 Å². The standard InChI is InChI=1S/C22H28ClN3O4S/c1-4-13-24-22(28)17(2)25(15-18-9-8-10-19(23)14-18)21(27)16-26(31(3,29)30)20-11-6-5-7-12-20/h5-12,14,17H,4,13,15-16H2,1-3H3,(H,24,28)/t17-/m1/s1. The second-order valence-electron chi connectivity index (χ2n) is 7.22. The summed E-state index contributed by atoms with van der Waals surface area (Å²) in [5.41, 5.74) is 1.12. The predicted octanol–water partition coefficient (Wildman–Crippen LogP) is 3.05. The van der Waals surface area contributed by atoms with Crippen LogP contribution in [-0.4, -0.2) is 50.5 Å². The van der Waals surface area contributed by atoms with E-state index < -0.39 is 28.5 Å². The van der Waals surface area contributed by atoms with Gasteiger partial charge in [0.25, 0.3) is 0 Å². The third-order valence-corrected chi connectivity index (χ3v) is 6.06. The number of rotatable bonds is 10. The summed E-state index contributed by atoms with van der Waals surface area (Å²) in [5.74, 6) is -0.795. The second kappa shape index (κ2) is 11.2. The minimum Gasteiger partial charge on any atom is -0.354 e. The van der Waals surface area contributed by atoms with Crippen LogP contribution in [0.5, 0.6) is 0 Å². The van der Waals surface area contributed by atoms with Crippen LogP contribution in [0.1, 0.15) is 25.8 Å². The van der Waals surface area contributed by atoms with Crippen LogP contribution in [0.25, 0.3) is 0 Å². The van der Waals surface area contributed by atoms with Gasteiger partial charge >= 0.3 is 0 Å². The maximum Gasteiger partial charge on any atom is 0.244 e. The highest BCUT2D eigenvalue weighted by Gasteiger charge is 2.29. The first-order chi connectivity index (χ1) is 14.6. The van der Waals surface area contributed by atoms with E-state index in [1.54, 1.807) is 61.5 Å². The molecular formula is C22H28ClN3O4S. The number of halogens is 1. The Bertz CT molecular complexity index is 999. The molecule has 0 fully saturated rings. The second-order valence-corrected chi connectivity index (χ2v) is 9.57. The Labute approximate surface area is 189 Å². The SMILES string of the molecule is CCCNC(=O)[C@@H](C)N(Cc1cccc(Cl)c1)C(=O)CN(c1ccccc1)S(C)(=O)=O. The number of hydrogen-bond acceptors (Lipinski definition) is 4. The Balaban J connectivity index is 2.34. The number of para-hydroxylation sites is 1. The van der Waals surface area contributed by atoms with Crippen molar-refractivity contribution in [3.05, 3.63) is 65.2 Å². The van der Waals surface area contributed by atoms with Crippen molar-refractivity contribution >= 4 is 39.1 Å². The largest absolute Gasteiger partial charge is 0.354 e. The van der Waals surface area contributed by atoms with E-state index in [0.29, 0.717) is 17.3 Å². The summed E-state index contributed by atoms with van der Waals surface area (Å²) in [7, 11) is -3.72. The van der Waals surface area contributed by atoms with Crippen LogP contribution >= 0.6 is 11.6 Å². The van der Waals surface area contributed by atoms with Crippen molar-refractivity contribution in [2.24, 2.45) is 0 Å². The minimum absolute atomic E-state index is 0.118. The molecule has 1 N–H and O–H groups in total. The van der Waals surface area contributed by atoms with Gasteiger partial charge in [-0.2, -0.15) is 0 Å². The molecule has 2 rings (SSSR count). The quantitative estimate of drug-likeness (QED) is 0.584. The van der Waals surface area contributed by atoms with Gasteiger partial charge in [-0.1, -0.05) is 48.9 Å². The number of hydrogen-bond donors (Lipinski definition) is 1. The lowest BCUT2D eigenvalue weighted by molar-refractivity contribution is -0.139. The Kier molecular flexibility index (Phi) is 8.88. The fourth-order valence-corrected chi connectivity index (χ4v) is 4.08. The maximum absolute atomic E-state index is 13.3. The van der Waals surface area contributed by atoms with E-state index in [1.165, 1.54) is 4.90 Å². The summed E-state index contributed by atoms with van der Waals surface area (Å²) in [6.45, 7) is 3.74. The number of sulfonamides is 1. The van der Waals surface area contributed by atoms with Gasteiger partial charge in [0.2, 0.25) is 21.8 Å². The third kappa shape index (κ3) is 7.25. The van der Waals surface area contributed by atoms with Crippen LogP contribution < -0.4 is 9.62 Å². The molecule has 0 saturated carbocycles. The molecule has 0 spiro atoms. The molecule has 9 heteroatoms. The molecule has 2 aromatic carbocycles. The van der Waals surface area contributed by atoms with Gasteiger partial charge in [0.05, 0.1) is 11.9 Å². The average molecular weight is 466 g/mol. The van der Waals surface area contributed by atoms with Crippen LogP contribution in [0.3, 0.4) is 0 Å². The molecule has 0 saturated heterocycles. The highest BCUT2D eigenvalue weighted by Crippen LogP contribution is 2.19. The van der Waals surface area contributed by atoms with Crippen LogP contribution in [-0.2, 0) is 26.2 Å². The van der Waals surface area contributed by atoms with E-state index in [9.17, 15) is 18.0 Å². The molecule has 2 aromatic rings. The number of amides is 2. The highest BCUT2D eigenvalue weighted by molar-refractivity contribution is 7.92. The van der Waals surface area contributed by atoms with Crippen molar-refractivity contribution in [3.63, 3.8) is 0 Å². The van der Waals surface area contributed by atoms with Gasteiger partial charge in [-0.25, -0.2) is 8.42 Å². The first-order valence-electron chi connectivity index (χ1n) is 9.98. The molecule has 0 aromatic heterocycles. The fourth-order valence-electron chi connectivity index (χ4n) is 3.02. The zero-order valence-electron chi connectivity index (χ0n) is 17.9. The van der Waals surface area contributed by atoms with Crippen molar-refractivity contribution in [1.29, 1.82) is 0 Å². The molecule has 0 radical (unpaired) electrons. The smallest absolute Gasteiger partial charge is 0.244 e. The molecule has 0 bridgehead atoms. The Morgan fingerprint density at radius 2 is 1.77 bits per heavy atom. The lowest BCUT2D eigenvalue weighted by Gasteiger charge is -2.31. The molecule has 2 amide bonds. The van der Waals surface area contributed by atoms with Crippen molar-refractivity contribution in [2.45, 2.75) is 32.9 Å². The van der Waals surface area contributed by atoms with Gasteiger partial charge in [-0.3, -0.25) is 13.9 Å². The normalized spacial score (nSPS) is 12.1. The molecule has 0 aliphatic heterocycles. The van der Waals surface area contributed by atoms with Crippen molar-refractivity contribution < 1.29 is 18.0 Å². The Hall–Kier alpha value is -2.58. The number of nitrogens with zero attached hydrogens (tertiary/aromatic N) is 2. The number of benzene rings is 2. The van der Waals surface area contributed by atoms with Gasteiger partial charge in [-0.15, -0.1) is 0 Å². The Morgan fingerprint density at radius 3 is 2.35 bits per heavy atom. The summed E-state index contributed by atoms with van der Waals surface area (Å²) >= 11 is 6.07. The first kappa shape index (κ1) is 24.7. The molecule has 31 heavy (non-hydrogen) atoms. The zero-order valence-corrected chi connectivity index (χ0v) is 19.5. The summed E-state index contributed by atoms with van der Waals surface area (Å²) in [6.07, 6.45) is 1.81. The number of carbonyl (C=O) groups excluding carboxylic acids is 2. The summed E-state index contributed by atoms with van der Waals surface area (Å²) < 4.78 is 25.8. The van der Waals surface area contributed by atoms with Crippen molar-refractivity contribution in [3.8, 4) is 0 Å². The topological polar surface area (TPSA) is 86.8 Å². The lowest BCUT2D eigenvalue weighted by atomic mass is 10.1. The monoisotopic (exact) mass is 465 g/mol. The van der Waals surface area contributed by atoms with Gasteiger partial charge in [0.1, 0.15) is 12.6 Å². The summed E-state index contributed by atoms with van der Waals surface area (Å²) in [5, 5.41) is 3.30. The highest BCUT2D eigenvalue weighted by atomic mass is 35.5. The van der Waals surface area contributed by atoms with Gasteiger partial charge < -0.3 is 10.2 Å². The molecule has 168 valence electrons. The number of nitrogens with one attached hydrogen (secondary N) is 1. The molecule has 1 atom stereocenters. The summed E-state index contributed by atoms with van der Waals surface area (Å²) in [4.78, 5) is 27.3. The molecule has 0 aliphatic carbocycles. The van der Waals surface area contributed by atoms with Crippen molar-refractivity contribution in [1.82, 2.24) is 10.2 Å². The van der Waals surface area contributed by atoms with Crippen LogP contribution in [0, 0.1) is 0 Å². The number of anilines is 1. The van der Waals surface area contributed by atoms with E-state index in [1.807, 2.05) is 6.92 Å². The molecule has 0 heterocycles. The van der Waals surface area contributed by atoms with Crippen LogP contribution in [0.15, 0.2) is 54.6 Å². The molecular weight excluding hydrogens is 438 g/mol. The van der Waals surface area contributed by atoms with E-state index in [2.05, 4.69) is 5.32 Å². The minimum atomic E-state index is -3.72. The van der Waals surface area contributed by atoms with Crippen molar-refractivity contribution in [2.75, 3.05) is 23.7 Å². The maximum atomic E-state index is 13.3. The molecule has 7 nitrogen and oxygen atoms in total. The van der Waals surface area contributed by atoms with E-state index in [0.717, 1.165) is 22.5 Å². The average Bonchev–Trinajstić information content (AvgIpc) is 2.73. The van der Waals surface area contributed by atoms with E-state index in [-0.39, 0.29) is 12.5 Å². The third-order valence-electron chi connectivity index (χ3n) is 4.68. The first-order valence-corrected chi connectivity index (χ1v) is 12.2. The zero-order chi connectivity index (χ0) is 23.0. The fraction of sp³-hybridized carbons (Fsp3) is 0.364. The van der Waals surface area contributed by atoms with Gasteiger partial charge in [-0.05, 0) is 43.2 Å². The van der Waals surface area contributed by atoms with Crippen LogP contribution in [0.2, 0.25) is 5.02 Å². The van der Waals surface area contributed by atoms with Gasteiger partial charge in [0.15, 0.2) is 0 Å². The Morgan fingerprint density at radius 1 is 1.10 bits per heavy atom. The van der Waals surface area contributed by atoms with E-state index >= 15 is 0 Å². The molecule has 0 unspecified atom stereocenters. The lowest BCUT2D eigenvalue weighted by Crippen LogP contribution is -2.51. The van der Waals surface area contributed by atoms with Crippen LogP contribution in [0.4, 0.5) is 5.69 Å².